The van der Waals surface area contributed by atoms with E-state index in [2.05, 4.69) is 77.5 Å². The van der Waals surface area contributed by atoms with Crippen molar-refractivity contribution in [3.63, 3.8) is 0 Å². The molecule has 3 nitrogen and oxygen atoms in total. The molecule has 0 heterocycles. The Morgan fingerprint density at radius 3 is 2.10 bits per heavy atom. The first kappa shape index (κ1) is 21.8. The summed E-state index contributed by atoms with van der Waals surface area (Å²) in [5.74, 6) is 2.28. The van der Waals surface area contributed by atoms with Gasteiger partial charge in [-0.05, 0) is 0 Å². The third kappa shape index (κ3) is 4.98. The molecule has 0 fully saturated rings. The van der Waals surface area contributed by atoms with Gasteiger partial charge < -0.3 is 0 Å². The van der Waals surface area contributed by atoms with Crippen molar-refractivity contribution in [3.8, 4) is 17.2 Å². The minimum absolute atomic E-state index is 0.193. The summed E-state index contributed by atoms with van der Waals surface area (Å²) in [7, 11) is 5.00. The molecule has 0 saturated heterocycles. The van der Waals surface area contributed by atoms with Crippen molar-refractivity contribution in [2.75, 3.05) is 21.3 Å². The number of methoxy groups -OCH3 is 3. The maximum absolute atomic E-state index is 5.86. The van der Waals surface area contributed by atoms with Crippen LogP contribution < -0.4 is 18.7 Å². The molecule has 0 radical (unpaired) electrons. The van der Waals surface area contributed by atoms with Crippen molar-refractivity contribution in [3.05, 3.63) is 81.8 Å². The fraction of sp³-hybridized carbons (Fsp3) is 0.250. The predicted octanol–water partition coefficient (Wildman–Crippen LogP) is 5.36. The van der Waals surface area contributed by atoms with Crippen molar-refractivity contribution in [1.82, 2.24) is 0 Å². The molecule has 0 aromatic heterocycles. The van der Waals surface area contributed by atoms with Crippen molar-refractivity contribution in [1.29, 1.82) is 0 Å². The van der Waals surface area contributed by atoms with Gasteiger partial charge in [-0.2, -0.15) is 0 Å². The van der Waals surface area contributed by atoms with Crippen molar-refractivity contribution in [2.24, 2.45) is 0 Å². The molecule has 29 heavy (non-hydrogen) atoms. The number of aryl methyl sites for hydroxylation is 1. The van der Waals surface area contributed by atoms with Crippen LogP contribution in [0.4, 0.5) is 0 Å². The second-order valence-electron chi connectivity index (χ2n) is 6.60. The topological polar surface area (TPSA) is 27.7 Å². The fourth-order valence-corrected chi connectivity index (χ4v) is 5.98. The molecule has 0 saturated carbocycles. The van der Waals surface area contributed by atoms with Crippen LogP contribution in [0, 0.1) is 6.92 Å². The number of hydrogen-bond acceptors (Lipinski definition) is 3. The average Bonchev–Trinajstić information content (AvgIpc) is 2.75. The Balaban J connectivity index is 2.11. The summed E-state index contributed by atoms with van der Waals surface area (Å²) in [6.45, 7) is 2.11. The van der Waals surface area contributed by atoms with Gasteiger partial charge in [0.1, 0.15) is 0 Å². The Morgan fingerprint density at radius 2 is 1.52 bits per heavy atom. The Labute approximate surface area is 187 Å². The Kier molecular flexibility index (Phi) is 7.65. The molecule has 3 rings (SSSR count). The normalized spacial score (nSPS) is 11.8. The summed E-state index contributed by atoms with van der Waals surface area (Å²) in [6.07, 6.45) is 0. The molecular weight excluding hydrogens is 495 g/mol. The molecule has 1 unspecified atom stereocenters. The van der Waals surface area contributed by atoms with Gasteiger partial charge >= 0.3 is 188 Å². The summed E-state index contributed by atoms with van der Waals surface area (Å²) in [6, 6.07) is 21.3. The van der Waals surface area contributed by atoms with Crippen molar-refractivity contribution >= 4 is 35.3 Å². The Morgan fingerprint density at radius 1 is 0.862 bits per heavy atom. The van der Waals surface area contributed by atoms with Crippen LogP contribution in [0.3, 0.4) is 0 Å². The number of ether oxygens (including phenoxy) is 3. The third-order valence-corrected chi connectivity index (χ3v) is 7.70. The molecule has 0 N–H and O–H groups in total. The number of benzene rings is 3. The molecule has 5 heteroatoms. The van der Waals surface area contributed by atoms with Crippen LogP contribution in [0.5, 0.6) is 17.2 Å². The van der Waals surface area contributed by atoms with Crippen LogP contribution in [0.25, 0.3) is 0 Å². The van der Waals surface area contributed by atoms with E-state index in [0.29, 0.717) is 26.5 Å². The van der Waals surface area contributed by atoms with E-state index < -0.39 is 0 Å². The summed E-state index contributed by atoms with van der Waals surface area (Å²) in [4.78, 5) is 0. The van der Waals surface area contributed by atoms with E-state index in [1.54, 1.807) is 21.3 Å². The van der Waals surface area contributed by atoms with E-state index in [1.165, 1.54) is 10.0 Å². The first-order valence-electron chi connectivity index (χ1n) is 9.31. The van der Waals surface area contributed by atoms with E-state index >= 15 is 0 Å². The third-order valence-electron chi connectivity index (χ3n) is 4.86. The van der Waals surface area contributed by atoms with Crippen molar-refractivity contribution in [2.45, 2.75) is 18.2 Å². The molecule has 0 spiro atoms. The molecule has 0 bridgehead atoms. The minimum atomic E-state index is 0.193. The molecule has 1 atom stereocenters. The zero-order chi connectivity index (χ0) is 20.8. The Hall–Kier alpha value is -1.94. The van der Waals surface area contributed by atoms with Gasteiger partial charge in [0.2, 0.25) is 0 Å². The van der Waals surface area contributed by atoms with Crippen LogP contribution in [0.2, 0.25) is 5.32 Å². The molecule has 0 aliphatic carbocycles. The molecular formula is C24H25BrO3Se. The quantitative estimate of drug-likeness (QED) is 0.375. The summed E-state index contributed by atoms with van der Waals surface area (Å²) in [5.41, 5.74) is 3.56. The summed E-state index contributed by atoms with van der Waals surface area (Å²) in [5, 5.41) is 1.02. The standard InChI is InChI=1S/C24H25BrO3Se/c1-16-14-21(26-2)23(27-3)24(28-4)22(16)20(17-10-12-18(25)13-11-17)15-29-19-8-6-5-7-9-19/h5-14,20H,15H2,1-4H3. The zero-order valence-electron chi connectivity index (χ0n) is 17.1. The van der Waals surface area contributed by atoms with Crippen LogP contribution in [0.1, 0.15) is 22.6 Å². The molecule has 0 aliphatic heterocycles. The van der Waals surface area contributed by atoms with Gasteiger partial charge in [0.15, 0.2) is 0 Å². The monoisotopic (exact) mass is 520 g/mol. The van der Waals surface area contributed by atoms with Crippen molar-refractivity contribution < 1.29 is 14.2 Å². The van der Waals surface area contributed by atoms with Crippen LogP contribution >= 0.6 is 15.9 Å². The van der Waals surface area contributed by atoms with E-state index in [4.69, 9.17) is 14.2 Å². The van der Waals surface area contributed by atoms with Gasteiger partial charge in [-0.25, -0.2) is 0 Å². The SMILES string of the molecule is COc1cc(C)c(C(C[Se]c2ccccc2)c2ccc(Br)cc2)c(OC)c1OC. The Bertz CT molecular complexity index is 943. The van der Waals surface area contributed by atoms with E-state index in [0.717, 1.165) is 26.7 Å². The predicted molar refractivity (Wildman–Crippen MR) is 123 cm³/mol. The molecule has 3 aromatic carbocycles. The van der Waals surface area contributed by atoms with Gasteiger partial charge in [-0.15, -0.1) is 0 Å². The van der Waals surface area contributed by atoms with Crippen LogP contribution in [0.15, 0.2) is 65.1 Å². The van der Waals surface area contributed by atoms with E-state index in [-0.39, 0.29) is 5.92 Å². The molecule has 152 valence electrons. The number of hydrogen-bond donors (Lipinski definition) is 0. The summed E-state index contributed by atoms with van der Waals surface area (Å²) >= 11 is 3.88. The average molecular weight is 520 g/mol. The molecule has 0 aliphatic rings. The molecule has 3 aromatic rings. The maximum atomic E-state index is 5.86. The van der Waals surface area contributed by atoms with Crippen LogP contribution in [-0.2, 0) is 0 Å². The van der Waals surface area contributed by atoms with E-state index in [9.17, 15) is 0 Å². The first-order chi connectivity index (χ1) is 14.1. The van der Waals surface area contributed by atoms with Gasteiger partial charge in [0.25, 0.3) is 0 Å². The van der Waals surface area contributed by atoms with Gasteiger partial charge in [0.05, 0.1) is 0 Å². The van der Waals surface area contributed by atoms with E-state index in [1.807, 2.05) is 6.07 Å². The number of rotatable bonds is 8. The van der Waals surface area contributed by atoms with Gasteiger partial charge in [0, 0.05) is 0 Å². The molecule has 0 amide bonds. The first-order valence-corrected chi connectivity index (χ1v) is 12.2. The summed E-state index contributed by atoms with van der Waals surface area (Å²) < 4.78 is 19.5. The second kappa shape index (κ2) is 10.2. The van der Waals surface area contributed by atoms with Gasteiger partial charge in [-0.1, -0.05) is 0 Å². The zero-order valence-corrected chi connectivity index (χ0v) is 20.4. The fourth-order valence-electron chi connectivity index (χ4n) is 3.47. The number of halogens is 1. The van der Waals surface area contributed by atoms with Gasteiger partial charge in [-0.3, -0.25) is 0 Å². The van der Waals surface area contributed by atoms with Crippen LogP contribution in [-0.4, -0.2) is 36.3 Å². The second-order valence-corrected chi connectivity index (χ2v) is 9.81.